The Hall–Kier alpha value is -0.420. The van der Waals surface area contributed by atoms with Crippen molar-refractivity contribution >= 4 is 0 Å². The molecule has 3 fully saturated rings. The summed E-state index contributed by atoms with van der Waals surface area (Å²) in [5, 5.41) is 33.4. The van der Waals surface area contributed by atoms with E-state index in [0.717, 1.165) is 32.2 Å². The van der Waals surface area contributed by atoms with E-state index in [1.54, 1.807) is 0 Å². The molecule has 4 N–H and O–H groups in total. The molecule has 0 heterocycles. The van der Waals surface area contributed by atoms with Gasteiger partial charge >= 0.3 is 0 Å². The summed E-state index contributed by atoms with van der Waals surface area (Å²) in [4.78, 5) is 0. The zero-order valence-electron chi connectivity index (χ0n) is 16.0. The summed E-state index contributed by atoms with van der Waals surface area (Å²) in [6.07, 6.45) is 6.07. The molecule has 3 saturated carbocycles. The van der Waals surface area contributed by atoms with Crippen molar-refractivity contribution in [3.05, 3.63) is 12.2 Å². The van der Waals surface area contributed by atoms with Crippen LogP contribution in [0.25, 0.3) is 0 Å². The Balaban J connectivity index is 1.85. The second kappa shape index (κ2) is 7.30. The van der Waals surface area contributed by atoms with Gasteiger partial charge in [-0.25, -0.2) is 0 Å². The van der Waals surface area contributed by atoms with Crippen LogP contribution in [0.5, 0.6) is 0 Å². The smallest absolute Gasteiger partial charge is 0.0621 e. The lowest BCUT2D eigenvalue weighted by Gasteiger charge is -2.55. The molecule has 0 spiro atoms. The molecule has 144 valence electrons. The summed E-state index contributed by atoms with van der Waals surface area (Å²) >= 11 is 0. The summed E-state index contributed by atoms with van der Waals surface area (Å²) in [6, 6.07) is 0. The van der Waals surface area contributed by atoms with Gasteiger partial charge in [-0.3, -0.25) is 0 Å². The summed E-state index contributed by atoms with van der Waals surface area (Å²) < 4.78 is 0. The summed E-state index contributed by atoms with van der Waals surface area (Å²) in [6.45, 7) is 10.7. The highest BCUT2D eigenvalue weighted by molar-refractivity contribution is 5.21. The van der Waals surface area contributed by atoms with Crippen molar-refractivity contribution in [3.8, 4) is 0 Å². The SMILES string of the molecule is C=C1CCC2C(CNCCO)C(C3(C)CCC(O)CC3O)CCC12C. The molecule has 25 heavy (non-hydrogen) atoms. The van der Waals surface area contributed by atoms with Crippen LogP contribution in [0.2, 0.25) is 0 Å². The van der Waals surface area contributed by atoms with Gasteiger partial charge in [-0.1, -0.05) is 26.0 Å². The fourth-order valence-electron chi connectivity index (χ4n) is 6.37. The first kappa shape index (κ1) is 19.3. The summed E-state index contributed by atoms with van der Waals surface area (Å²) in [5.41, 5.74) is 1.53. The Kier molecular flexibility index (Phi) is 5.65. The highest BCUT2D eigenvalue weighted by Crippen LogP contribution is 2.62. The molecule has 0 bridgehead atoms. The number of hydrogen-bond acceptors (Lipinski definition) is 4. The van der Waals surface area contributed by atoms with Gasteiger partial charge in [0.1, 0.15) is 0 Å². The number of hydrogen-bond donors (Lipinski definition) is 4. The predicted molar refractivity (Wildman–Crippen MR) is 100 cm³/mol. The summed E-state index contributed by atoms with van der Waals surface area (Å²) in [7, 11) is 0. The molecule has 7 atom stereocenters. The van der Waals surface area contributed by atoms with Crippen LogP contribution in [-0.4, -0.2) is 47.2 Å². The van der Waals surface area contributed by atoms with Crippen molar-refractivity contribution in [1.82, 2.24) is 5.32 Å². The number of fused-ring (bicyclic) bond motifs is 1. The van der Waals surface area contributed by atoms with Crippen molar-refractivity contribution in [2.45, 2.75) is 71.0 Å². The number of aliphatic hydroxyl groups is 3. The van der Waals surface area contributed by atoms with Crippen molar-refractivity contribution in [2.75, 3.05) is 19.7 Å². The first-order chi connectivity index (χ1) is 11.8. The van der Waals surface area contributed by atoms with E-state index in [0.29, 0.717) is 30.7 Å². The largest absolute Gasteiger partial charge is 0.395 e. The van der Waals surface area contributed by atoms with Crippen LogP contribution >= 0.6 is 0 Å². The molecule has 0 aromatic heterocycles. The molecular formula is C21H37NO3. The standard InChI is InChI=1S/C21H37NO3/c1-14-4-5-17-16(13-22-10-11-23)18(7-9-20(14,17)2)21(3)8-6-15(24)12-19(21)25/h15-19,22-25H,1,4-13H2,2-3H3. The molecule has 3 aliphatic rings. The quantitative estimate of drug-likeness (QED) is 0.454. The van der Waals surface area contributed by atoms with Crippen LogP contribution in [0.4, 0.5) is 0 Å². The van der Waals surface area contributed by atoms with Crippen LogP contribution in [0, 0.1) is 28.6 Å². The van der Waals surface area contributed by atoms with E-state index < -0.39 is 6.10 Å². The fraction of sp³-hybridized carbons (Fsp3) is 0.905. The third-order valence-electron chi connectivity index (χ3n) is 8.18. The highest BCUT2D eigenvalue weighted by atomic mass is 16.3. The zero-order chi connectivity index (χ0) is 18.2. The van der Waals surface area contributed by atoms with E-state index in [4.69, 9.17) is 5.11 Å². The number of nitrogens with one attached hydrogen (secondary N) is 1. The van der Waals surface area contributed by atoms with Gasteiger partial charge in [0.05, 0.1) is 18.8 Å². The van der Waals surface area contributed by atoms with E-state index in [2.05, 4.69) is 25.7 Å². The van der Waals surface area contributed by atoms with Gasteiger partial charge in [0.15, 0.2) is 0 Å². The lowest BCUT2D eigenvalue weighted by molar-refractivity contribution is -0.118. The van der Waals surface area contributed by atoms with Gasteiger partial charge < -0.3 is 20.6 Å². The van der Waals surface area contributed by atoms with Crippen molar-refractivity contribution in [1.29, 1.82) is 0 Å². The highest BCUT2D eigenvalue weighted by Gasteiger charge is 2.56. The third kappa shape index (κ3) is 3.31. The van der Waals surface area contributed by atoms with Gasteiger partial charge in [-0.15, -0.1) is 0 Å². The van der Waals surface area contributed by atoms with Gasteiger partial charge in [-0.2, -0.15) is 0 Å². The predicted octanol–water partition coefficient (Wildman–Crippen LogP) is 2.48. The molecule has 3 aliphatic carbocycles. The number of rotatable bonds is 5. The topological polar surface area (TPSA) is 72.7 Å². The minimum atomic E-state index is -0.421. The Bertz CT molecular complexity index is 496. The average molecular weight is 352 g/mol. The van der Waals surface area contributed by atoms with Gasteiger partial charge in [0, 0.05) is 6.54 Å². The normalized spacial score (nSPS) is 47.7. The zero-order valence-corrected chi connectivity index (χ0v) is 16.0. The van der Waals surface area contributed by atoms with Gasteiger partial charge in [0.25, 0.3) is 0 Å². The van der Waals surface area contributed by atoms with E-state index in [1.807, 2.05) is 0 Å². The molecule has 4 heteroatoms. The molecule has 0 radical (unpaired) electrons. The second-order valence-electron chi connectivity index (χ2n) is 9.35. The first-order valence-corrected chi connectivity index (χ1v) is 10.2. The average Bonchev–Trinajstić information content (AvgIpc) is 2.87. The number of aliphatic hydroxyl groups excluding tert-OH is 3. The lowest BCUT2D eigenvalue weighted by atomic mass is 9.51. The second-order valence-corrected chi connectivity index (χ2v) is 9.35. The molecule has 0 aliphatic heterocycles. The van der Waals surface area contributed by atoms with Crippen molar-refractivity contribution in [3.63, 3.8) is 0 Å². The maximum Gasteiger partial charge on any atom is 0.0621 e. The van der Waals surface area contributed by atoms with Gasteiger partial charge in [-0.05, 0) is 80.1 Å². The molecule has 0 saturated heterocycles. The minimum absolute atomic E-state index is 0.115. The lowest BCUT2D eigenvalue weighted by Crippen LogP contribution is -2.54. The van der Waals surface area contributed by atoms with E-state index in [9.17, 15) is 10.2 Å². The Morgan fingerprint density at radius 3 is 2.56 bits per heavy atom. The van der Waals surface area contributed by atoms with Crippen molar-refractivity contribution in [2.24, 2.45) is 28.6 Å². The van der Waals surface area contributed by atoms with Gasteiger partial charge in [0.2, 0.25) is 0 Å². The Labute approximate surface area is 152 Å². The van der Waals surface area contributed by atoms with Crippen LogP contribution < -0.4 is 5.32 Å². The van der Waals surface area contributed by atoms with E-state index >= 15 is 0 Å². The molecule has 0 amide bonds. The molecule has 3 rings (SSSR count). The summed E-state index contributed by atoms with van der Waals surface area (Å²) in [5.74, 6) is 1.57. The molecule has 0 aromatic rings. The molecule has 0 aromatic carbocycles. The van der Waals surface area contributed by atoms with E-state index in [1.165, 1.54) is 18.4 Å². The van der Waals surface area contributed by atoms with Crippen LogP contribution in [0.15, 0.2) is 12.2 Å². The first-order valence-electron chi connectivity index (χ1n) is 10.2. The molecular weight excluding hydrogens is 314 g/mol. The fourth-order valence-corrected chi connectivity index (χ4v) is 6.37. The third-order valence-corrected chi connectivity index (χ3v) is 8.18. The maximum absolute atomic E-state index is 10.9. The van der Waals surface area contributed by atoms with Crippen LogP contribution in [0.1, 0.15) is 58.8 Å². The maximum atomic E-state index is 10.9. The monoisotopic (exact) mass is 351 g/mol. The Morgan fingerprint density at radius 2 is 1.88 bits per heavy atom. The van der Waals surface area contributed by atoms with E-state index in [-0.39, 0.29) is 23.5 Å². The minimum Gasteiger partial charge on any atom is -0.395 e. The van der Waals surface area contributed by atoms with Crippen LogP contribution in [-0.2, 0) is 0 Å². The molecule has 7 unspecified atom stereocenters. The van der Waals surface area contributed by atoms with Crippen molar-refractivity contribution < 1.29 is 15.3 Å². The Morgan fingerprint density at radius 1 is 1.12 bits per heavy atom. The van der Waals surface area contributed by atoms with Crippen LogP contribution in [0.3, 0.4) is 0 Å². The number of allylic oxidation sites excluding steroid dienone is 1. The molecule has 4 nitrogen and oxygen atoms in total.